The Morgan fingerprint density at radius 1 is 0.413 bits per heavy atom. The summed E-state index contributed by atoms with van der Waals surface area (Å²) in [6.45, 7) is 4.96. The zero-order valence-corrected chi connectivity index (χ0v) is 76.5. The van der Waals surface area contributed by atoms with Gasteiger partial charge in [0.25, 0.3) is 58.7 Å². The molecule has 11 aromatic rings. The number of urea groups is 5. The summed E-state index contributed by atoms with van der Waals surface area (Å²) in [6, 6.07) is 41.4. The predicted molar refractivity (Wildman–Crippen MR) is 499 cm³/mol. The number of pyridine rings is 3. The Labute approximate surface area is 809 Å². The standard InChI is InChI=1S/C27H22N4O5.C26H21N5O5.C25H19F2N5O6.C23H18N6O4/c1-16-4-3-5-20(23(16)32)22-9-6-17(13-28-22)10-11-27(25(34)29-26(35)30-27)15-31-14-18-7-8-19(36-2)12-21(18)24(31)33;1-15-3-7-19(22(32)28-15)21-8-4-16(12-27-21)9-10-26(24(34)29-25(35)30-26)14-31-13-17-5-6-18(36-2)11-20(17)23(31)33;1-24(20(34)28-22(36)30-24)14-5-3-12(9-15(14)26)7-8-25(21(35)29-23(37)31-25)11-32-10-13-4-6-16(38-2)18(27)17(13)19(32)33;1-33-18-7-4-16-11-28(20(30)19(16)10-18)12-23(21(31)26-22(32)27-23)9-8-15-2-5-17(6-3-15)29-14-24-13-25-29/h3-9,12-13,32H,14-15H2,1-2H3,(H2,29,30,34,35);3-8,11-12H,13-14H2,1-2H3,(H,28,32)(H2,29,30,34,35);3-6,9H,10-11H2,1-2H3,(H2,28,30,34,36)(H2,29,31,35,37);2-7,10,13-14H,11-12H2,1H3,(H2,26,27,31,32)/t27-;26-;24?,25-;23-/m1111/s1. The van der Waals surface area contributed by atoms with Crippen molar-refractivity contribution >= 4 is 83.3 Å². The van der Waals surface area contributed by atoms with Crippen molar-refractivity contribution in [1.29, 1.82) is 0 Å². The van der Waals surface area contributed by atoms with Crippen LogP contribution >= 0.6 is 0 Å². The van der Waals surface area contributed by atoms with Crippen LogP contribution in [0.4, 0.5) is 32.8 Å². The van der Waals surface area contributed by atoms with Crippen molar-refractivity contribution in [3.05, 3.63) is 294 Å². The number of phenolic OH excluding ortho intramolecular Hbond substituents is 1. The number of aromatic nitrogens is 6. The number of carbonyl (C=O) groups excluding carboxylic acids is 14. The van der Waals surface area contributed by atoms with Crippen LogP contribution in [0.15, 0.2) is 194 Å². The molecule has 12 N–H and O–H groups in total. The lowest BCUT2D eigenvalue weighted by atomic mass is 9.91. The summed E-state index contributed by atoms with van der Waals surface area (Å²) in [7, 11) is 5.83. The number of carbonyl (C=O) groups is 14. The number of amides is 19. The molecule has 40 nitrogen and oxygen atoms in total. The van der Waals surface area contributed by atoms with Crippen LogP contribution in [0.1, 0.15) is 110 Å². The first-order valence-corrected chi connectivity index (χ1v) is 43.5. The maximum atomic E-state index is 15.0. The van der Waals surface area contributed by atoms with Crippen molar-refractivity contribution in [2.45, 2.75) is 74.6 Å². The third-order valence-corrected chi connectivity index (χ3v) is 24.5. The molecule has 0 radical (unpaired) electrons. The Kier molecular flexibility index (Phi) is 25.5. The lowest BCUT2D eigenvalue weighted by Crippen LogP contribution is -2.54. The second-order valence-corrected chi connectivity index (χ2v) is 33.9. The lowest BCUT2D eigenvalue weighted by Gasteiger charge is -2.26. The van der Waals surface area contributed by atoms with Crippen LogP contribution in [0.5, 0.6) is 28.7 Å². The van der Waals surface area contributed by atoms with Crippen molar-refractivity contribution in [2.75, 3.05) is 54.6 Å². The quantitative estimate of drug-likeness (QED) is 0.0438. The minimum absolute atomic E-state index is 0.0443. The van der Waals surface area contributed by atoms with Gasteiger partial charge in [-0.3, -0.25) is 84.5 Å². The summed E-state index contributed by atoms with van der Waals surface area (Å²) in [5, 5.41) is 37.7. The molecule has 0 saturated carbocycles. The highest BCUT2D eigenvalue weighted by atomic mass is 19.1. The van der Waals surface area contributed by atoms with Crippen molar-refractivity contribution in [3.63, 3.8) is 0 Å². The minimum atomic E-state index is -1.91. The summed E-state index contributed by atoms with van der Waals surface area (Å²) in [6.07, 6.45) is 6.02. The molecule has 0 spiro atoms. The number of hydrogen-bond donors (Lipinski definition) is 12. The third kappa shape index (κ3) is 19.0. The van der Waals surface area contributed by atoms with E-state index in [4.69, 9.17) is 18.9 Å². The van der Waals surface area contributed by atoms with Gasteiger partial charge >= 0.3 is 30.2 Å². The zero-order valence-electron chi connectivity index (χ0n) is 76.5. The molecule has 7 aromatic carbocycles. The van der Waals surface area contributed by atoms with Crippen molar-refractivity contribution < 1.29 is 100.0 Å². The number of benzene rings is 7. The maximum absolute atomic E-state index is 15.0. The van der Waals surface area contributed by atoms with Gasteiger partial charge in [-0.05, 0) is 170 Å². The molecular formula is C101H80F2N20O20. The molecule has 718 valence electrons. The maximum Gasteiger partial charge on any atom is 0.323 e. The van der Waals surface area contributed by atoms with E-state index in [9.17, 15) is 85.8 Å². The van der Waals surface area contributed by atoms with Gasteiger partial charge in [0.2, 0.25) is 22.2 Å². The molecule has 19 amide bonds. The largest absolute Gasteiger partial charge is 0.507 e. The van der Waals surface area contributed by atoms with E-state index in [0.717, 1.165) is 39.7 Å². The van der Waals surface area contributed by atoms with Crippen LogP contribution in [0.3, 0.4) is 0 Å². The smallest absolute Gasteiger partial charge is 0.323 e. The van der Waals surface area contributed by atoms with Crippen molar-refractivity contribution in [2.24, 2.45) is 0 Å². The number of aromatic hydroxyl groups is 1. The number of imide groups is 5. The first-order valence-electron chi connectivity index (χ1n) is 43.5. The van der Waals surface area contributed by atoms with E-state index >= 15 is 0 Å². The number of halogens is 2. The molecule has 5 fully saturated rings. The fourth-order valence-corrected chi connectivity index (χ4v) is 16.9. The lowest BCUT2D eigenvalue weighted by molar-refractivity contribution is -0.124. The molecule has 9 aliphatic heterocycles. The molecule has 9 aliphatic rings. The topological polar surface area (TPSA) is 519 Å². The molecule has 20 rings (SSSR count). The number of para-hydroxylation sites is 1. The summed E-state index contributed by atoms with van der Waals surface area (Å²) >= 11 is 0. The zero-order chi connectivity index (χ0) is 101. The second-order valence-electron chi connectivity index (χ2n) is 33.9. The van der Waals surface area contributed by atoms with Crippen LogP contribution in [0, 0.1) is 72.8 Å². The van der Waals surface area contributed by atoms with Gasteiger partial charge in [0, 0.05) is 94.3 Å². The average molecular weight is 1930 g/mol. The Morgan fingerprint density at radius 2 is 0.825 bits per heavy atom. The van der Waals surface area contributed by atoms with Gasteiger partial charge in [-0.25, -0.2) is 42.4 Å². The summed E-state index contributed by atoms with van der Waals surface area (Å²) in [4.78, 5) is 208. The van der Waals surface area contributed by atoms with E-state index in [2.05, 4.69) is 120 Å². The number of nitrogens with zero attached hydrogens (tertiary/aromatic N) is 9. The molecule has 5 saturated heterocycles. The monoisotopic (exact) mass is 1930 g/mol. The van der Waals surface area contributed by atoms with Gasteiger partial charge in [0.05, 0.1) is 82.8 Å². The minimum Gasteiger partial charge on any atom is -0.507 e. The number of hydrogen-bond acceptors (Lipinski definition) is 24. The number of aromatic amines is 1. The van der Waals surface area contributed by atoms with Crippen LogP contribution in [-0.4, -0.2) is 215 Å². The molecule has 0 aliphatic carbocycles. The third-order valence-electron chi connectivity index (χ3n) is 24.5. The van der Waals surface area contributed by atoms with Crippen molar-refractivity contribution in [1.82, 2.24) is 102 Å². The van der Waals surface area contributed by atoms with Gasteiger partial charge in [0.1, 0.15) is 47.0 Å². The SMILES string of the molecule is COc1ccc2c(c1)C(=O)N(C[C@@]1(C#Cc3ccc(-c4ccc(C)[nH]c4=O)nc3)NC(=O)NC1=O)C2.COc1ccc2c(c1)C(=O)N(C[C@@]1(C#Cc3ccc(-c4cccc(C)c4O)nc3)NC(=O)NC1=O)C2.COc1ccc2c(c1)C(=O)N(C[C@@]1(C#Cc3ccc(-n4cncn4)cc3)NC(=O)NC1=O)C2.COc1ccc2c(c1F)C(=O)N(C[C@@]1(C#Cc3ccc(C4(C)NC(=O)NC4=O)c(F)c3)NC(=O)NC1=O)C2. The number of H-pyrrole nitrogens is 1. The number of ether oxygens (including phenoxy) is 4. The predicted octanol–water partition coefficient (Wildman–Crippen LogP) is 5.17. The Morgan fingerprint density at radius 3 is 1.22 bits per heavy atom. The Balaban J connectivity index is 0.000000131. The molecule has 143 heavy (non-hydrogen) atoms. The fourth-order valence-electron chi connectivity index (χ4n) is 16.9. The normalized spacial score (nSPS) is 19.9. The number of fused-ring (bicyclic) bond motifs is 4. The second kappa shape index (κ2) is 38.3. The first-order chi connectivity index (χ1) is 68.5. The highest BCUT2D eigenvalue weighted by Crippen LogP contribution is 2.38. The van der Waals surface area contributed by atoms with Gasteiger partial charge in [-0.2, -0.15) is 5.10 Å². The average Bonchev–Trinajstić information content (AvgIpc) is 1.63. The van der Waals surface area contributed by atoms with Crippen LogP contribution < -0.4 is 77.7 Å². The first kappa shape index (κ1) is 95.3. The molecule has 42 heteroatoms. The van der Waals surface area contributed by atoms with Crippen LogP contribution in [0.25, 0.3) is 28.2 Å². The van der Waals surface area contributed by atoms with E-state index in [-0.39, 0.29) is 90.7 Å². The highest BCUT2D eigenvalue weighted by Gasteiger charge is 2.54. The van der Waals surface area contributed by atoms with Gasteiger partial charge in [-0.1, -0.05) is 89.8 Å². The Hall–Kier alpha value is -19.4. The number of aryl methyl sites for hydroxylation is 2. The fraction of sp³-hybridized carbons (Fsp3) is 0.198. The number of methoxy groups -OCH3 is 4. The molecule has 0 bridgehead atoms. The Bertz CT molecular complexity index is 7650. The molecule has 5 atom stereocenters. The molecule has 13 heterocycles. The van der Waals surface area contributed by atoms with Crippen molar-refractivity contribution in [3.8, 4) is 104 Å². The van der Waals surface area contributed by atoms with E-state index in [1.807, 2.05) is 29.6 Å². The number of rotatable bonds is 16. The number of phenols is 1. The van der Waals surface area contributed by atoms with E-state index in [1.54, 1.807) is 134 Å². The summed E-state index contributed by atoms with van der Waals surface area (Å²) in [5.41, 5.74) is 1.36. The van der Waals surface area contributed by atoms with Crippen LogP contribution in [-0.2, 0) is 55.7 Å². The highest BCUT2D eigenvalue weighted by molar-refractivity contribution is 6.14. The number of nitrogens with one attached hydrogen (secondary N) is 11. The van der Waals surface area contributed by atoms with Gasteiger partial charge in [-0.15, -0.1) is 0 Å². The van der Waals surface area contributed by atoms with E-state index in [0.29, 0.717) is 85.3 Å². The van der Waals surface area contributed by atoms with Crippen LogP contribution in [0.2, 0.25) is 0 Å². The molecule has 4 aromatic heterocycles. The molecular weight excluding hydrogens is 1850 g/mol. The molecule has 1 unspecified atom stereocenters. The summed E-state index contributed by atoms with van der Waals surface area (Å²) in [5.74, 6) is 17.6. The summed E-state index contributed by atoms with van der Waals surface area (Å²) < 4.78 is 51.9. The van der Waals surface area contributed by atoms with E-state index < -0.39 is 111 Å². The van der Waals surface area contributed by atoms with E-state index in [1.165, 1.54) is 97.9 Å². The van der Waals surface area contributed by atoms with Gasteiger partial charge < -0.3 is 75.2 Å². The van der Waals surface area contributed by atoms with Gasteiger partial charge in [0.15, 0.2) is 11.6 Å².